The molecule has 0 bridgehead atoms. The molecule has 2 aromatic carbocycles. The van der Waals surface area contributed by atoms with Crippen LogP contribution in [0.5, 0.6) is 0 Å². The normalized spacial score (nSPS) is 16.9. The van der Waals surface area contributed by atoms with Crippen LogP contribution in [0, 0.1) is 6.92 Å². The number of aryl methyl sites for hydroxylation is 1. The van der Waals surface area contributed by atoms with Crippen molar-refractivity contribution in [1.29, 1.82) is 0 Å². The van der Waals surface area contributed by atoms with Crippen molar-refractivity contribution >= 4 is 12.0 Å². The number of hydrogen-bond donors (Lipinski definition) is 2. The van der Waals surface area contributed by atoms with Crippen molar-refractivity contribution in [3.05, 3.63) is 76.9 Å². The monoisotopic (exact) mass is 307 g/mol. The lowest BCUT2D eigenvalue weighted by atomic mass is 9.96. The molecule has 0 aromatic heterocycles. The summed E-state index contributed by atoms with van der Waals surface area (Å²) in [5.41, 5.74) is 4.54. The lowest BCUT2D eigenvalue weighted by molar-refractivity contribution is -0.122. The van der Waals surface area contributed by atoms with E-state index in [1.807, 2.05) is 30.3 Å². The fraction of sp³-hybridized carbons (Fsp3) is 0.250. The molecule has 0 spiro atoms. The third-order valence-corrected chi connectivity index (χ3v) is 4.27. The number of rotatable bonds is 5. The minimum Gasteiger partial charge on any atom is -0.394 e. The Morgan fingerprint density at radius 2 is 2.00 bits per heavy atom. The summed E-state index contributed by atoms with van der Waals surface area (Å²) in [4.78, 5) is 12.4. The second kappa shape index (κ2) is 6.80. The molecule has 3 rings (SSSR count). The van der Waals surface area contributed by atoms with Crippen LogP contribution in [-0.2, 0) is 4.79 Å². The predicted molar refractivity (Wildman–Crippen MR) is 92.0 cm³/mol. The molecule has 0 saturated carbocycles. The molecule has 2 atom stereocenters. The average molecular weight is 307 g/mol. The minimum atomic E-state index is -0.355. The summed E-state index contributed by atoms with van der Waals surface area (Å²) in [6.07, 6.45) is 4.57. The summed E-state index contributed by atoms with van der Waals surface area (Å²) >= 11 is 0. The fourth-order valence-electron chi connectivity index (χ4n) is 3.05. The van der Waals surface area contributed by atoms with Gasteiger partial charge in [0.05, 0.1) is 12.6 Å². The highest BCUT2D eigenvalue weighted by molar-refractivity contribution is 5.79. The van der Waals surface area contributed by atoms with Gasteiger partial charge in [-0.15, -0.1) is 0 Å². The van der Waals surface area contributed by atoms with Gasteiger partial charge in [0.25, 0.3) is 0 Å². The van der Waals surface area contributed by atoms with E-state index >= 15 is 0 Å². The van der Waals surface area contributed by atoms with Crippen LogP contribution in [0.15, 0.2) is 54.6 Å². The van der Waals surface area contributed by atoms with E-state index in [1.54, 1.807) is 0 Å². The third kappa shape index (κ3) is 3.51. The predicted octanol–water partition coefficient (Wildman–Crippen LogP) is 3.35. The Morgan fingerprint density at radius 3 is 2.74 bits per heavy atom. The highest BCUT2D eigenvalue weighted by Gasteiger charge is 2.22. The van der Waals surface area contributed by atoms with E-state index in [4.69, 9.17) is 0 Å². The van der Waals surface area contributed by atoms with E-state index in [9.17, 15) is 9.90 Å². The standard InChI is InChI=1S/C20H21NO2/c1-14-7-10-18-16(11-14)8-9-17(18)12-20(23)21-19(13-22)15-5-3-2-4-6-15/h2-11,17,19,22H,12-13H2,1H3,(H,21,23)/t17-,19+/m0/s1. The van der Waals surface area contributed by atoms with Crippen LogP contribution in [-0.4, -0.2) is 17.6 Å². The zero-order chi connectivity index (χ0) is 16.2. The SMILES string of the molecule is Cc1ccc2c(c1)C=C[C@H]2CC(=O)N[C@H](CO)c1ccccc1. The van der Waals surface area contributed by atoms with Crippen molar-refractivity contribution in [1.82, 2.24) is 5.32 Å². The number of carbonyl (C=O) groups is 1. The van der Waals surface area contributed by atoms with Gasteiger partial charge in [-0.2, -0.15) is 0 Å². The summed E-state index contributed by atoms with van der Waals surface area (Å²) < 4.78 is 0. The molecule has 118 valence electrons. The van der Waals surface area contributed by atoms with E-state index in [0.717, 1.165) is 5.56 Å². The molecule has 1 aliphatic carbocycles. The van der Waals surface area contributed by atoms with E-state index in [0.29, 0.717) is 6.42 Å². The summed E-state index contributed by atoms with van der Waals surface area (Å²) in [7, 11) is 0. The molecule has 3 heteroatoms. The van der Waals surface area contributed by atoms with Gasteiger partial charge in [0.2, 0.25) is 5.91 Å². The van der Waals surface area contributed by atoms with E-state index < -0.39 is 0 Å². The first-order valence-electron chi connectivity index (χ1n) is 7.91. The topological polar surface area (TPSA) is 49.3 Å². The van der Waals surface area contributed by atoms with Gasteiger partial charge in [-0.3, -0.25) is 4.79 Å². The Balaban J connectivity index is 1.66. The maximum Gasteiger partial charge on any atom is 0.221 e. The first-order chi connectivity index (χ1) is 11.2. The van der Waals surface area contributed by atoms with Crippen LogP contribution in [0.4, 0.5) is 0 Å². The largest absolute Gasteiger partial charge is 0.394 e. The van der Waals surface area contributed by atoms with Crippen molar-refractivity contribution < 1.29 is 9.90 Å². The molecule has 2 N–H and O–H groups in total. The van der Waals surface area contributed by atoms with Gasteiger partial charge >= 0.3 is 0 Å². The van der Waals surface area contributed by atoms with Crippen LogP contribution in [0.1, 0.15) is 40.6 Å². The zero-order valence-electron chi connectivity index (χ0n) is 13.2. The maximum absolute atomic E-state index is 12.4. The van der Waals surface area contributed by atoms with Crippen molar-refractivity contribution in [2.45, 2.75) is 25.3 Å². The molecule has 1 amide bonds. The molecule has 0 aliphatic heterocycles. The molecular weight excluding hydrogens is 286 g/mol. The summed E-state index contributed by atoms with van der Waals surface area (Å²) in [6.45, 7) is 1.96. The highest BCUT2D eigenvalue weighted by Crippen LogP contribution is 2.33. The van der Waals surface area contributed by atoms with Crippen LogP contribution in [0.25, 0.3) is 6.08 Å². The van der Waals surface area contributed by atoms with Gasteiger partial charge in [-0.1, -0.05) is 66.2 Å². The number of allylic oxidation sites excluding steroid dienone is 1. The van der Waals surface area contributed by atoms with E-state index in [2.05, 4.69) is 42.6 Å². The van der Waals surface area contributed by atoms with Crippen LogP contribution < -0.4 is 5.32 Å². The summed E-state index contributed by atoms with van der Waals surface area (Å²) in [5.74, 6) is 0.0664. The Morgan fingerprint density at radius 1 is 1.22 bits per heavy atom. The van der Waals surface area contributed by atoms with Crippen molar-refractivity contribution in [3.8, 4) is 0 Å². The quantitative estimate of drug-likeness (QED) is 0.890. The lowest BCUT2D eigenvalue weighted by Gasteiger charge is -2.18. The average Bonchev–Trinajstić information content (AvgIpc) is 2.95. The van der Waals surface area contributed by atoms with Crippen molar-refractivity contribution in [2.75, 3.05) is 6.61 Å². The van der Waals surface area contributed by atoms with Gasteiger partial charge in [0.1, 0.15) is 0 Å². The smallest absolute Gasteiger partial charge is 0.221 e. The highest BCUT2D eigenvalue weighted by atomic mass is 16.3. The van der Waals surface area contributed by atoms with Crippen LogP contribution >= 0.6 is 0 Å². The number of carbonyl (C=O) groups excluding carboxylic acids is 1. The second-order valence-electron chi connectivity index (χ2n) is 6.02. The van der Waals surface area contributed by atoms with Gasteiger partial charge < -0.3 is 10.4 Å². The number of amides is 1. The molecule has 23 heavy (non-hydrogen) atoms. The van der Waals surface area contributed by atoms with E-state index in [1.165, 1.54) is 16.7 Å². The molecule has 0 saturated heterocycles. The molecule has 0 radical (unpaired) electrons. The Hall–Kier alpha value is -2.39. The number of aliphatic hydroxyl groups excluding tert-OH is 1. The summed E-state index contributed by atoms with van der Waals surface area (Å²) in [5, 5.41) is 12.5. The van der Waals surface area contributed by atoms with Gasteiger partial charge in [-0.25, -0.2) is 0 Å². The van der Waals surface area contributed by atoms with Gasteiger partial charge in [-0.05, 0) is 23.6 Å². The van der Waals surface area contributed by atoms with Gasteiger partial charge in [0.15, 0.2) is 0 Å². The zero-order valence-corrected chi connectivity index (χ0v) is 13.2. The lowest BCUT2D eigenvalue weighted by Crippen LogP contribution is -2.31. The molecule has 3 nitrogen and oxygen atoms in total. The third-order valence-electron chi connectivity index (χ3n) is 4.27. The molecule has 2 aromatic rings. The number of fused-ring (bicyclic) bond motifs is 1. The van der Waals surface area contributed by atoms with Crippen molar-refractivity contribution in [3.63, 3.8) is 0 Å². The van der Waals surface area contributed by atoms with E-state index in [-0.39, 0.29) is 24.5 Å². The maximum atomic E-state index is 12.4. The molecule has 1 aliphatic rings. The number of aliphatic hydroxyl groups is 1. The Bertz CT molecular complexity index is 722. The number of benzene rings is 2. The first kappa shape index (κ1) is 15.5. The molecule has 0 fully saturated rings. The number of hydrogen-bond acceptors (Lipinski definition) is 2. The fourth-order valence-corrected chi connectivity index (χ4v) is 3.05. The molecular formula is C20H21NO2. The first-order valence-corrected chi connectivity index (χ1v) is 7.91. The Labute approximate surface area is 136 Å². The second-order valence-corrected chi connectivity index (χ2v) is 6.02. The van der Waals surface area contributed by atoms with Gasteiger partial charge in [0, 0.05) is 12.3 Å². The van der Waals surface area contributed by atoms with Crippen LogP contribution in [0.2, 0.25) is 0 Å². The van der Waals surface area contributed by atoms with Crippen molar-refractivity contribution in [2.24, 2.45) is 0 Å². The Kier molecular flexibility index (Phi) is 4.58. The minimum absolute atomic E-state index is 0.0454. The number of nitrogens with one attached hydrogen (secondary N) is 1. The van der Waals surface area contributed by atoms with Crippen LogP contribution in [0.3, 0.4) is 0 Å². The molecule has 0 unspecified atom stereocenters. The summed E-state index contributed by atoms with van der Waals surface area (Å²) in [6, 6.07) is 15.5. The molecule has 0 heterocycles.